The van der Waals surface area contributed by atoms with Gasteiger partial charge in [0.25, 0.3) is 0 Å². The molecule has 8 heteroatoms. The summed E-state index contributed by atoms with van der Waals surface area (Å²) in [5.74, 6) is 0.652. The van der Waals surface area contributed by atoms with Gasteiger partial charge in [-0.3, -0.25) is 0 Å². The number of nitrogens with zero attached hydrogens (tertiary/aromatic N) is 2. The van der Waals surface area contributed by atoms with E-state index in [1.54, 1.807) is 36.4 Å². The van der Waals surface area contributed by atoms with Gasteiger partial charge in [0.15, 0.2) is 0 Å². The minimum atomic E-state index is -3.45. The summed E-state index contributed by atoms with van der Waals surface area (Å²) in [7, 11) is -0.406. The molecular weight excluding hydrogens is 388 g/mol. The first-order valence-electron chi connectivity index (χ1n) is 8.64. The van der Waals surface area contributed by atoms with Crippen LogP contribution in [0.1, 0.15) is 5.56 Å². The Morgan fingerprint density at radius 1 is 1.22 bits per heavy atom. The molecule has 1 aliphatic heterocycles. The van der Waals surface area contributed by atoms with E-state index in [1.165, 1.54) is 18.4 Å². The number of halogens is 1. The van der Waals surface area contributed by atoms with E-state index in [2.05, 4.69) is 4.90 Å². The van der Waals surface area contributed by atoms with Gasteiger partial charge in [0.05, 0.1) is 4.90 Å². The Labute approximate surface area is 165 Å². The van der Waals surface area contributed by atoms with Crippen molar-refractivity contribution in [3.63, 3.8) is 0 Å². The van der Waals surface area contributed by atoms with Crippen LogP contribution in [0.4, 0.5) is 5.69 Å². The highest BCUT2D eigenvalue weighted by Crippen LogP contribution is 2.31. The Morgan fingerprint density at radius 3 is 2.59 bits per heavy atom. The van der Waals surface area contributed by atoms with E-state index < -0.39 is 16.1 Å². The van der Waals surface area contributed by atoms with Crippen molar-refractivity contribution < 1.29 is 18.3 Å². The minimum absolute atomic E-state index is 0.167. The maximum absolute atomic E-state index is 12.3. The molecule has 3 rings (SSSR count). The number of aliphatic hydroxyl groups is 1. The third-order valence-corrected chi connectivity index (χ3v) is 6.57. The van der Waals surface area contributed by atoms with Gasteiger partial charge in [-0.25, -0.2) is 12.7 Å². The van der Waals surface area contributed by atoms with Crippen molar-refractivity contribution in [1.29, 1.82) is 0 Å². The summed E-state index contributed by atoms with van der Waals surface area (Å²) in [5.41, 5.74) is 1.93. The van der Waals surface area contributed by atoms with E-state index in [1.807, 2.05) is 6.07 Å². The highest BCUT2D eigenvalue weighted by atomic mass is 35.5. The van der Waals surface area contributed by atoms with Gasteiger partial charge in [-0.1, -0.05) is 11.6 Å². The van der Waals surface area contributed by atoms with Gasteiger partial charge in [-0.15, -0.1) is 0 Å². The normalized spacial score (nSPS) is 15.1. The molecule has 27 heavy (non-hydrogen) atoms. The van der Waals surface area contributed by atoms with Crippen LogP contribution < -0.4 is 9.64 Å². The Morgan fingerprint density at radius 2 is 1.93 bits per heavy atom. The minimum Gasteiger partial charge on any atom is -0.491 e. The SMILES string of the molecule is CN(C)S(=O)(=O)c1ccc2c(c1)CCN2CC(O)COc1ccc(Cl)cc1. The third-order valence-electron chi connectivity index (χ3n) is 4.51. The lowest BCUT2D eigenvalue weighted by Crippen LogP contribution is -2.34. The number of hydrogen-bond acceptors (Lipinski definition) is 5. The van der Waals surface area contributed by atoms with E-state index in [-0.39, 0.29) is 6.61 Å². The maximum Gasteiger partial charge on any atom is 0.242 e. The highest BCUT2D eigenvalue weighted by molar-refractivity contribution is 7.89. The molecule has 1 atom stereocenters. The number of fused-ring (bicyclic) bond motifs is 1. The molecule has 0 radical (unpaired) electrons. The molecular formula is C19H23ClN2O4S. The molecule has 0 spiro atoms. The molecule has 0 saturated carbocycles. The first kappa shape index (κ1) is 19.9. The molecule has 1 heterocycles. The van der Waals surface area contributed by atoms with Gasteiger partial charge in [0.1, 0.15) is 18.5 Å². The fourth-order valence-electron chi connectivity index (χ4n) is 3.04. The number of anilines is 1. The van der Waals surface area contributed by atoms with Gasteiger partial charge in [0.2, 0.25) is 10.0 Å². The molecule has 1 unspecified atom stereocenters. The van der Waals surface area contributed by atoms with Crippen LogP contribution >= 0.6 is 11.6 Å². The summed E-state index contributed by atoms with van der Waals surface area (Å²) in [4.78, 5) is 2.34. The molecule has 0 aromatic heterocycles. The molecule has 6 nitrogen and oxygen atoms in total. The van der Waals surface area contributed by atoms with Gasteiger partial charge in [0, 0.05) is 37.9 Å². The van der Waals surface area contributed by atoms with Crippen LogP contribution in [0.3, 0.4) is 0 Å². The predicted molar refractivity (Wildman–Crippen MR) is 106 cm³/mol. The second-order valence-electron chi connectivity index (χ2n) is 6.69. The van der Waals surface area contributed by atoms with Crippen LogP contribution in [0, 0.1) is 0 Å². The molecule has 0 amide bonds. The van der Waals surface area contributed by atoms with Crippen molar-refractivity contribution in [3.05, 3.63) is 53.1 Å². The molecule has 0 bridgehead atoms. The van der Waals surface area contributed by atoms with E-state index in [4.69, 9.17) is 16.3 Å². The zero-order valence-electron chi connectivity index (χ0n) is 15.3. The van der Waals surface area contributed by atoms with Crippen LogP contribution in [0.15, 0.2) is 47.4 Å². The number of sulfonamides is 1. The van der Waals surface area contributed by atoms with Crippen molar-refractivity contribution in [2.75, 3.05) is 38.7 Å². The lowest BCUT2D eigenvalue weighted by atomic mass is 10.2. The maximum atomic E-state index is 12.3. The van der Waals surface area contributed by atoms with Gasteiger partial charge in [-0.2, -0.15) is 0 Å². The molecule has 2 aromatic carbocycles. The zero-order chi connectivity index (χ0) is 19.6. The van der Waals surface area contributed by atoms with Crippen LogP contribution in [0.5, 0.6) is 5.75 Å². The second kappa shape index (κ2) is 8.06. The average molecular weight is 411 g/mol. The largest absolute Gasteiger partial charge is 0.491 e. The summed E-state index contributed by atoms with van der Waals surface area (Å²) >= 11 is 5.84. The van der Waals surface area contributed by atoms with Crippen LogP contribution in [0.2, 0.25) is 5.02 Å². The fourth-order valence-corrected chi connectivity index (χ4v) is 4.12. The van der Waals surface area contributed by atoms with Crippen molar-refractivity contribution in [1.82, 2.24) is 4.31 Å². The Kier molecular flexibility index (Phi) is 5.95. The van der Waals surface area contributed by atoms with Gasteiger partial charge in [-0.05, 0) is 54.4 Å². The molecule has 2 aromatic rings. The van der Waals surface area contributed by atoms with Gasteiger partial charge < -0.3 is 14.7 Å². The number of benzene rings is 2. The zero-order valence-corrected chi connectivity index (χ0v) is 16.9. The first-order chi connectivity index (χ1) is 12.8. The van der Waals surface area contributed by atoms with Crippen molar-refractivity contribution in [3.8, 4) is 5.75 Å². The first-order valence-corrected chi connectivity index (χ1v) is 10.5. The fraction of sp³-hybridized carbons (Fsp3) is 0.368. The Hall–Kier alpha value is -1.80. The number of ether oxygens (including phenoxy) is 1. The van der Waals surface area contributed by atoms with E-state index in [0.717, 1.165) is 24.2 Å². The monoisotopic (exact) mass is 410 g/mol. The molecule has 0 saturated heterocycles. The quantitative estimate of drug-likeness (QED) is 0.759. The van der Waals surface area contributed by atoms with Gasteiger partial charge >= 0.3 is 0 Å². The molecule has 1 N–H and O–H groups in total. The lowest BCUT2D eigenvalue weighted by molar-refractivity contribution is 0.112. The predicted octanol–water partition coefficient (Wildman–Crippen LogP) is 2.39. The average Bonchev–Trinajstić information content (AvgIpc) is 3.03. The van der Waals surface area contributed by atoms with Crippen molar-refractivity contribution in [2.45, 2.75) is 17.4 Å². The summed E-state index contributed by atoms with van der Waals surface area (Å²) in [6.45, 7) is 1.32. The van der Waals surface area contributed by atoms with Crippen LogP contribution in [-0.2, 0) is 16.4 Å². The summed E-state index contributed by atoms with van der Waals surface area (Å²) in [6, 6.07) is 12.1. The third kappa shape index (κ3) is 4.55. The summed E-state index contributed by atoms with van der Waals surface area (Å²) < 4.78 is 31.4. The molecule has 146 valence electrons. The number of hydrogen-bond donors (Lipinski definition) is 1. The van der Waals surface area contributed by atoms with Crippen LogP contribution in [0.25, 0.3) is 0 Å². The van der Waals surface area contributed by atoms with Crippen LogP contribution in [-0.4, -0.2) is 57.7 Å². The Balaban J connectivity index is 1.63. The molecule has 0 aliphatic carbocycles. The van der Waals surface area contributed by atoms with E-state index in [9.17, 15) is 13.5 Å². The Bertz CT molecular complexity index is 900. The van der Waals surface area contributed by atoms with E-state index >= 15 is 0 Å². The number of aliphatic hydroxyl groups excluding tert-OH is 1. The molecule has 1 aliphatic rings. The standard InChI is InChI=1S/C19H23ClN2O4S/c1-21(2)27(24,25)18-7-8-19-14(11-18)9-10-22(19)12-16(23)13-26-17-5-3-15(20)4-6-17/h3-8,11,16,23H,9-10,12-13H2,1-2H3. The second-order valence-corrected chi connectivity index (χ2v) is 9.28. The topological polar surface area (TPSA) is 70.1 Å². The number of rotatable bonds is 7. The van der Waals surface area contributed by atoms with Crippen molar-refractivity contribution >= 4 is 27.3 Å². The smallest absolute Gasteiger partial charge is 0.242 e. The highest BCUT2D eigenvalue weighted by Gasteiger charge is 2.25. The van der Waals surface area contributed by atoms with Crippen molar-refractivity contribution in [2.24, 2.45) is 0 Å². The summed E-state index contributed by atoms with van der Waals surface area (Å²) in [5, 5.41) is 10.9. The number of β-amino-alcohol motifs (C(OH)–C–C–N with tert-alkyl or cyclic N) is 1. The lowest BCUT2D eigenvalue weighted by Gasteiger charge is -2.23. The molecule has 0 fully saturated rings. The van der Waals surface area contributed by atoms with E-state index in [0.29, 0.717) is 22.2 Å². The summed E-state index contributed by atoms with van der Waals surface area (Å²) in [6.07, 6.45) is 0.0773.